The molecule has 0 aliphatic carbocycles. The zero-order valence-electron chi connectivity index (χ0n) is 10.2. The van der Waals surface area contributed by atoms with Gasteiger partial charge in [0.2, 0.25) is 0 Å². The van der Waals surface area contributed by atoms with E-state index in [1.807, 2.05) is 41.3 Å². The average Bonchev–Trinajstić information content (AvgIpc) is 2.83. The summed E-state index contributed by atoms with van der Waals surface area (Å²) in [4.78, 5) is 0. The maximum Gasteiger partial charge on any atom is 0.0785 e. The van der Waals surface area contributed by atoms with Crippen molar-refractivity contribution in [2.24, 2.45) is 0 Å². The molecular weight excluding hydrogens is 222 g/mol. The molecule has 0 fully saturated rings. The quantitative estimate of drug-likeness (QED) is 0.866. The van der Waals surface area contributed by atoms with E-state index in [1.165, 1.54) is 5.56 Å². The topological polar surface area (TPSA) is 18.5 Å². The summed E-state index contributed by atoms with van der Waals surface area (Å²) >= 11 is 0. The fourth-order valence-electron chi connectivity index (χ4n) is 2.05. The maximum atomic E-state index is 3.29. The number of anilines is 1. The van der Waals surface area contributed by atoms with Gasteiger partial charge in [0.25, 0.3) is 0 Å². The van der Waals surface area contributed by atoms with E-state index in [2.05, 4.69) is 48.1 Å². The van der Waals surface area contributed by atoms with Crippen molar-refractivity contribution in [3.63, 3.8) is 0 Å². The SMILES string of the molecule is CN1NN(c2ccccc2)C=C1c1ccccc1. The molecule has 0 unspecified atom stereocenters. The largest absolute Gasteiger partial charge is 0.291 e. The molecule has 0 amide bonds. The third kappa shape index (κ3) is 1.96. The minimum atomic E-state index is 1.12. The van der Waals surface area contributed by atoms with Crippen molar-refractivity contribution in [3.8, 4) is 0 Å². The normalized spacial score (nSPS) is 14.8. The van der Waals surface area contributed by atoms with E-state index in [9.17, 15) is 0 Å². The first-order valence-electron chi connectivity index (χ1n) is 5.96. The molecule has 0 saturated heterocycles. The third-order valence-corrected chi connectivity index (χ3v) is 2.97. The fourth-order valence-corrected chi connectivity index (χ4v) is 2.05. The Bertz CT molecular complexity index is 548. The summed E-state index contributed by atoms with van der Waals surface area (Å²) in [5, 5.41) is 4.03. The van der Waals surface area contributed by atoms with Crippen LogP contribution in [0.3, 0.4) is 0 Å². The molecule has 2 aromatic rings. The number of nitrogens with one attached hydrogen (secondary N) is 1. The highest BCUT2D eigenvalue weighted by Gasteiger charge is 2.18. The number of benzene rings is 2. The van der Waals surface area contributed by atoms with Gasteiger partial charge in [-0.25, -0.2) is 0 Å². The van der Waals surface area contributed by atoms with Crippen molar-refractivity contribution in [2.45, 2.75) is 0 Å². The van der Waals surface area contributed by atoms with Gasteiger partial charge in [-0.15, -0.1) is 5.53 Å². The van der Waals surface area contributed by atoms with Gasteiger partial charge < -0.3 is 0 Å². The fraction of sp³-hybridized carbons (Fsp3) is 0.0667. The molecule has 18 heavy (non-hydrogen) atoms. The number of hydrazine groups is 2. The molecule has 1 N–H and O–H groups in total. The molecule has 1 aliphatic rings. The molecule has 2 aromatic carbocycles. The van der Waals surface area contributed by atoms with Gasteiger partial charge in [-0.05, 0) is 12.1 Å². The highest BCUT2D eigenvalue weighted by atomic mass is 15.8. The van der Waals surface area contributed by atoms with E-state index in [1.54, 1.807) is 0 Å². The van der Waals surface area contributed by atoms with E-state index < -0.39 is 0 Å². The first kappa shape index (κ1) is 10.9. The molecule has 1 aliphatic heterocycles. The van der Waals surface area contributed by atoms with E-state index in [0.29, 0.717) is 0 Å². The van der Waals surface area contributed by atoms with Gasteiger partial charge in [-0.3, -0.25) is 10.0 Å². The molecule has 0 saturated carbocycles. The van der Waals surface area contributed by atoms with Gasteiger partial charge in [-0.1, -0.05) is 48.5 Å². The van der Waals surface area contributed by atoms with Gasteiger partial charge in [0, 0.05) is 18.8 Å². The molecule has 0 radical (unpaired) electrons. The molecule has 1 heterocycles. The Morgan fingerprint density at radius 3 is 2.11 bits per heavy atom. The molecule has 90 valence electrons. The summed E-state index contributed by atoms with van der Waals surface area (Å²) in [6.07, 6.45) is 2.10. The van der Waals surface area contributed by atoms with Gasteiger partial charge in [0.1, 0.15) is 0 Å². The van der Waals surface area contributed by atoms with E-state index in [0.717, 1.165) is 11.4 Å². The minimum Gasteiger partial charge on any atom is -0.291 e. The molecule has 3 heteroatoms. The lowest BCUT2D eigenvalue weighted by Crippen LogP contribution is -2.37. The zero-order valence-corrected chi connectivity index (χ0v) is 10.2. The van der Waals surface area contributed by atoms with Crippen LogP contribution in [-0.2, 0) is 0 Å². The third-order valence-electron chi connectivity index (χ3n) is 2.97. The first-order valence-corrected chi connectivity index (χ1v) is 5.96. The van der Waals surface area contributed by atoms with Gasteiger partial charge >= 0.3 is 0 Å². The van der Waals surface area contributed by atoms with Crippen LogP contribution in [0.5, 0.6) is 0 Å². The van der Waals surface area contributed by atoms with Crippen molar-refractivity contribution < 1.29 is 0 Å². The van der Waals surface area contributed by atoms with Crippen molar-refractivity contribution in [1.82, 2.24) is 10.5 Å². The number of para-hydroxylation sites is 1. The lowest BCUT2D eigenvalue weighted by molar-refractivity contribution is 0.376. The number of hydrogen-bond acceptors (Lipinski definition) is 3. The Labute approximate surface area is 107 Å². The number of nitrogens with zero attached hydrogens (tertiary/aromatic N) is 2. The van der Waals surface area contributed by atoms with Crippen molar-refractivity contribution in [3.05, 3.63) is 72.4 Å². The predicted octanol–water partition coefficient (Wildman–Crippen LogP) is 2.86. The van der Waals surface area contributed by atoms with E-state index in [-0.39, 0.29) is 0 Å². The highest BCUT2D eigenvalue weighted by molar-refractivity contribution is 5.69. The monoisotopic (exact) mass is 237 g/mol. The maximum absolute atomic E-state index is 3.29. The number of hydrogen-bond donors (Lipinski definition) is 1. The summed E-state index contributed by atoms with van der Waals surface area (Å²) in [5.74, 6) is 0. The summed E-state index contributed by atoms with van der Waals surface area (Å²) in [6.45, 7) is 0. The van der Waals surface area contributed by atoms with Gasteiger partial charge in [-0.2, -0.15) is 0 Å². The highest BCUT2D eigenvalue weighted by Crippen LogP contribution is 2.24. The van der Waals surface area contributed by atoms with Crippen LogP contribution in [0.2, 0.25) is 0 Å². The molecule has 0 atom stereocenters. The van der Waals surface area contributed by atoms with Crippen molar-refractivity contribution in [1.29, 1.82) is 0 Å². The van der Waals surface area contributed by atoms with Gasteiger partial charge in [0.15, 0.2) is 0 Å². The zero-order chi connectivity index (χ0) is 12.4. The van der Waals surface area contributed by atoms with E-state index in [4.69, 9.17) is 0 Å². The molecule has 0 spiro atoms. The molecular formula is C15H15N3. The van der Waals surface area contributed by atoms with Crippen LogP contribution in [-0.4, -0.2) is 12.1 Å². The first-order chi connectivity index (χ1) is 8.84. The van der Waals surface area contributed by atoms with Crippen LogP contribution in [0.25, 0.3) is 5.70 Å². The van der Waals surface area contributed by atoms with Crippen LogP contribution in [0.1, 0.15) is 5.56 Å². The second kappa shape index (κ2) is 4.55. The van der Waals surface area contributed by atoms with E-state index >= 15 is 0 Å². The molecule has 0 bridgehead atoms. The van der Waals surface area contributed by atoms with Crippen LogP contribution in [0.4, 0.5) is 5.69 Å². The van der Waals surface area contributed by atoms with Crippen LogP contribution in [0, 0.1) is 0 Å². The smallest absolute Gasteiger partial charge is 0.0785 e. The molecule has 3 rings (SSSR count). The Kier molecular flexibility index (Phi) is 2.74. The van der Waals surface area contributed by atoms with Crippen LogP contribution < -0.4 is 10.5 Å². The molecule has 0 aromatic heterocycles. The Hall–Kier alpha value is -2.26. The summed E-state index contributed by atoms with van der Waals surface area (Å²) in [6, 6.07) is 20.6. The lowest BCUT2D eigenvalue weighted by Gasteiger charge is -2.20. The average molecular weight is 237 g/mol. The summed E-state index contributed by atoms with van der Waals surface area (Å²) < 4.78 is 0. The Balaban J connectivity index is 1.93. The standard InChI is InChI=1S/C15H15N3/c1-17-15(13-8-4-2-5-9-13)12-18(16-17)14-10-6-3-7-11-14/h2-12,16H,1H3. The minimum absolute atomic E-state index is 1.12. The number of rotatable bonds is 2. The lowest BCUT2D eigenvalue weighted by atomic mass is 10.2. The predicted molar refractivity (Wildman–Crippen MR) is 74.2 cm³/mol. The summed E-state index contributed by atoms with van der Waals surface area (Å²) in [7, 11) is 2.02. The Morgan fingerprint density at radius 2 is 1.44 bits per heavy atom. The van der Waals surface area contributed by atoms with Crippen LogP contribution in [0.15, 0.2) is 66.9 Å². The van der Waals surface area contributed by atoms with Crippen LogP contribution >= 0.6 is 0 Å². The molecule has 3 nitrogen and oxygen atoms in total. The summed E-state index contributed by atoms with van der Waals surface area (Å²) in [5.41, 5.74) is 6.77. The second-order valence-electron chi connectivity index (χ2n) is 4.24. The second-order valence-corrected chi connectivity index (χ2v) is 4.24. The Morgan fingerprint density at radius 1 is 0.833 bits per heavy atom. The van der Waals surface area contributed by atoms with Gasteiger partial charge in [0.05, 0.1) is 11.4 Å². The van der Waals surface area contributed by atoms with Crippen molar-refractivity contribution >= 4 is 11.4 Å². The van der Waals surface area contributed by atoms with Crippen molar-refractivity contribution in [2.75, 3.05) is 12.1 Å².